The van der Waals surface area contributed by atoms with Crippen LogP contribution >= 0.6 is 0 Å². The van der Waals surface area contributed by atoms with Crippen molar-refractivity contribution in [3.63, 3.8) is 0 Å². The number of carbonyl (C=O) groups is 1. The molecule has 4 aromatic rings. The number of alkyl halides is 3. The third-order valence-corrected chi connectivity index (χ3v) is 6.31. The molecule has 2 heterocycles. The molecule has 210 valence electrons. The van der Waals surface area contributed by atoms with Crippen molar-refractivity contribution in [1.29, 1.82) is 0 Å². The summed E-state index contributed by atoms with van der Waals surface area (Å²) in [6, 6.07) is 10.5. The van der Waals surface area contributed by atoms with Crippen molar-refractivity contribution in [1.82, 2.24) is 24.9 Å². The van der Waals surface area contributed by atoms with Crippen molar-refractivity contribution >= 4 is 17.3 Å². The smallest absolute Gasteiger partial charge is 0.418 e. The first-order valence-electron chi connectivity index (χ1n) is 12.4. The first kappa shape index (κ1) is 28.6. The highest BCUT2D eigenvalue weighted by atomic mass is 19.4. The molecule has 0 unspecified atom stereocenters. The summed E-state index contributed by atoms with van der Waals surface area (Å²) in [4.78, 5) is 20.7. The third kappa shape index (κ3) is 6.57. The Morgan fingerprint density at radius 2 is 1.82 bits per heavy atom. The average Bonchev–Trinajstić information content (AvgIpc) is 3.41. The fourth-order valence-electron chi connectivity index (χ4n) is 4.03. The highest BCUT2D eigenvalue weighted by molar-refractivity contribution is 6.04. The molecule has 0 aliphatic rings. The fourth-order valence-corrected chi connectivity index (χ4v) is 4.03. The first-order valence-corrected chi connectivity index (χ1v) is 12.4. The van der Waals surface area contributed by atoms with Gasteiger partial charge in [0.1, 0.15) is 11.4 Å². The van der Waals surface area contributed by atoms with Gasteiger partial charge < -0.3 is 19.9 Å². The van der Waals surface area contributed by atoms with Gasteiger partial charge in [0.2, 0.25) is 0 Å². The van der Waals surface area contributed by atoms with Gasteiger partial charge in [-0.05, 0) is 63.0 Å². The van der Waals surface area contributed by atoms with Gasteiger partial charge in [0.05, 0.1) is 30.8 Å². The van der Waals surface area contributed by atoms with Crippen LogP contribution in [-0.2, 0) is 6.18 Å². The van der Waals surface area contributed by atoms with Crippen LogP contribution in [0.15, 0.2) is 61.1 Å². The molecule has 12 heteroatoms. The number of anilines is 2. The van der Waals surface area contributed by atoms with Crippen LogP contribution in [0.2, 0.25) is 0 Å². The maximum atomic E-state index is 13.9. The maximum Gasteiger partial charge on any atom is 0.418 e. The maximum absolute atomic E-state index is 13.9. The molecule has 0 radical (unpaired) electrons. The minimum Gasteiger partial charge on any atom is -0.495 e. The molecule has 0 spiro atoms. The van der Waals surface area contributed by atoms with E-state index in [1.165, 1.54) is 16.8 Å². The number of methoxy groups -OCH3 is 1. The molecule has 0 saturated heterocycles. The van der Waals surface area contributed by atoms with E-state index in [-0.39, 0.29) is 16.9 Å². The molecule has 0 aliphatic heterocycles. The normalized spacial score (nSPS) is 11.5. The van der Waals surface area contributed by atoms with Crippen LogP contribution < -0.4 is 15.0 Å². The molecule has 0 saturated carbocycles. The van der Waals surface area contributed by atoms with Crippen LogP contribution in [0.5, 0.6) is 5.75 Å². The number of aryl methyl sites for hydroxylation is 1. The van der Waals surface area contributed by atoms with Crippen LogP contribution in [0, 0.1) is 6.92 Å². The minimum absolute atomic E-state index is 0.0396. The summed E-state index contributed by atoms with van der Waals surface area (Å²) in [5, 5.41) is 11.0. The van der Waals surface area contributed by atoms with Gasteiger partial charge >= 0.3 is 6.18 Å². The highest BCUT2D eigenvalue weighted by Crippen LogP contribution is 2.38. The number of likely N-dealkylation sites (N-methyl/N-ethyl adjacent to an activating group) is 2. The lowest BCUT2D eigenvalue weighted by Gasteiger charge is -2.25. The second-order valence-electron chi connectivity index (χ2n) is 9.57. The number of halogens is 3. The lowest BCUT2D eigenvalue weighted by atomic mass is 10.1. The van der Waals surface area contributed by atoms with Crippen molar-refractivity contribution < 1.29 is 22.7 Å². The first-order chi connectivity index (χ1) is 19.0. The number of aromatic nitrogens is 4. The topological polar surface area (TPSA) is 88.4 Å². The fraction of sp³-hybridized carbons (Fsp3) is 0.286. The van der Waals surface area contributed by atoms with E-state index in [2.05, 4.69) is 20.6 Å². The minimum atomic E-state index is -4.59. The van der Waals surface area contributed by atoms with Crippen LogP contribution in [0.4, 0.5) is 24.5 Å². The number of hydrogen-bond donors (Lipinski definition) is 1. The van der Waals surface area contributed by atoms with E-state index in [0.29, 0.717) is 35.8 Å². The Bertz CT molecular complexity index is 1500. The largest absolute Gasteiger partial charge is 0.495 e. The molecule has 0 atom stereocenters. The zero-order valence-electron chi connectivity index (χ0n) is 22.8. The summed E-state index contributed by atoms with van der Waals surface area (Å²) in [6.45, 7) is 2.85. The van der Waals surface area contributed by atoms with Gasteiger partial charge in [0.25, 0.3) is 5.91 Å². The number of rotatable bonds is 9. The number of ether oxygens (including phenoxy) is 1. The summed E-state index contributed by atoms with van der Waals surface area (Å²) < 4.78 is 48.5. The monoisotopic (exact) mass is 553 g/mol. The van der Waals surface area contributed by atoms with Gasteiger partial charge in [0.15, 0.2) is 0 Å². The van der Waals surface area contributed by atoms with Crippen LogP contribution in [-0.4, -0.2) is 72.1 Å². The number of carbonyl (C=O) groups excluding carboxylic acids is 1. The lowest BCUT2D eigenvalue weighted by molar-refractivity contribution is -0.137. The molecule has 4 rings (SSSR count). The van der Waals surface area contributed by atoms with E-state index < -0.39 is 17.6 Å². The molecule has 2 aromatic heterocycles. The van der Waals surface area contributed by atoms with Gasteiger partial charge in [-0.15, -0.1) is 5.10 Å². The number of hydrogen-bond acceptors (Lipinski definition) is 7. The summed E-state index contributed by atoms with van der Waals surface area (Å²) in [6.07, 6.45) is 0.313. The molecule has 0 aliphatic carbocycles. The number of amides is 1. The third-order valence-electron chi connectivity index (χ3n) is 6.31. The molecule has 40 heavy (non-hydrogen) atoms. The zero-order chi connectivity index (χ0) is 29.0. The number of benzene rings is 2. The Labute approximate surface area is 230 Å². The van der Waals surface area contributed by atoms with Crippen molar-refractivity contribution in [3.05, 3.63) is 77.7 Å². The lowest BCUT2D eigenvalue weighted by Crippen LogP contribution is -2.30. The number of nitrogens with one attached hydrogen (secondary N) is 1. The molecule has 1 N–H and O–H groups in total. The molecule has 2 aromatic carbocycles. The van der Waals surface area contributed by atoms with E-state index in [1.807, 2.05) is 25.9 Å². The molecule has 9 nitrogen and oxygen atoms in total. The highest BCUT2D eigenvalue weighted by Gasteiger charge is 2.35. The van der Waals surface area contributed by atoms with E-state index in [0.717, 1.165) is 11.6 Å². The summed E-state index contributed by atoms with van der Waals surface area (Å²) in [5.74, 6) is 0.0178. The summed E-state index contributed by atoms with van der Waals surface area (Å²) in [5.41, 5.74) is 2.18. The van der Waals surface area contributed by atoms with Crippen LogP contribution in [0.3, 0.4) is 0 Å². The summed E-state index contributed by atoms with van der Waals surface area (Å²) in [7, 11) is 6.86. The Morgan fingerprint density at radius 3 is 2.52 bits per heavy atom. The molecule has 0 bridgehead atoms. The Morgan fingerprint density at radius 1 is 1.05 bits per heavy atom. The molecular weight excluding hydrogens is 523 g/mol. The predicted molar refractivity (Wildman–Crippen MR) is 147 cm³/mol. The van der Waals surface area contributed by atoms with Gasteiger partial charge in [0, 0.05) is 48.8 Å². The second kappa shape index (κ2) is 11.7. The van der Waals surface area contributed by atoms with Gasteiger partial charge in [-0.3, -0.25) is 9.78 Å². The van der Waals surface area contributed by atoms with Crippen molar-refractivity contribution in [2.75, 3.05) is 51.6 Å². The quantitative estimate of drug-likeness (QED) is 0.315. The molecule has 1 amide bonds. The van der Waals surface area contributed by atoms with Gasteiger partial charge in [-0.1, -0.05) is 11.3 Å². The van der Waals surface area contributed by atoms with Crippen LogP contribution in [0.1, 0.15) is 21.5 Å². The zero-order valence-corrected chi connectivity index (χ0v) is 22.8. The summed E-state index contributed by atoms with van der Waals surface area (Å²) >= 11 is 0. The van der Waals surface area contributed by atoms with Gasteiger partial charge in [-0.25, -0.2) is 4.68 Å². The van der Waals surface area contributed by atoms with Crippen molar-refractivity contribution in [3.8, 4) is 22.7 Å². The van der Waals surface area contributed by atoms with Crippen LogP contribution in [0.25, 0.3) is 16.9 Å². The number of nitrogens with zero attached hydrogens (tertiary/aromatic N) is 6. The second-order valence-corrected chi connectivity index (χ2v) is 9.57. The van der Waals surface area contributed by atoms with Gasteiger partial charge in [-0.2, -0.15) is 13.2 Å². The van der Waals surface area contributed by atoms with Crippen molar-refractivity contribution in [2.24, 2.45) is 0 Å². The molecule has 0 fully saturated rings. The van der Waals surface area contributed by atoms with Crippen molar-refractivity contribution in [2.45, 2.75) is 13.1 Å². The van der Waals surface area contributed by atoms with E-state index in [1.54, 1.807) is 61.9 Å². The molecular formula is C28H30F3N7O2. The van der Waals surface area contributed by atoms with E-state index in [9.17, 15) is 18.0 Å². The van der Waals surface area contributed by atoms with E-state index >= 15 is 0 Å². The Kier molecular flexibility index (Phi) is 8.38. The predicted octanol–water partition coefficient (Wildman–Crippen LogP) is 4.92. The average molecular weight is 554 g/mol. The standard InChI is InChI=1S/C28H30F3N7O2/c1-18-6-7-19(13-26(18)38-17-24(34-35-38)20-12-22(40-5)16-32-15-20)27(39)33-21-8-9-25(23(14-21)28(29,30)31)37(4)11-10-36(2)3/h6-9,12-17H,10-11H2,1-5H3,(H,33,39). The Hall–Kier alpha value is -4.45. The SMILES string of the molecule is COc1cncc(-c2cn(-c3cc(C(=O)Nc4ccc(N(C)CCN(C)C)c(C(F)(F)F)c4)ccc3C)nn2)c1. The Balaban J connectivity index is 1.58. The van der Waals surface area contributed by atoms with E-state index in [4.69, 9.17) is 4.74 Å². The number of pyridine rings is 1.